The van der Waals surface area contributed by atoms with Gasteiger partial charge in [-0.15, -0.1) is 0 Å². The van der Waals surface area contributed by atoms with Crippen molar-refractivity contribution in [1.29, 1.82) is 0 Å². The Morgan fingerprint density at radius 2 is 1.55 bits per heavy atom. The lowest BCUT2D eigenvalue weighted by atomic mass is 9.85. The van der Waals surface area contributed by atoms with Crippen LogP contribution in [0.15, 0.2) is 49.1 Å². The van der Waals surface area contributed by atoms with Crippen molar-refractivity contribution in [3.05, 3.63) is 66.0 Å². The summed E-state index contributed by atoms with van der Waals surface area (Å²) in [5.41, 5.74) is -3.17. The van der Waals surface area contributed by atoms with Crippen molar-refractivity contribution in [2.75, 3.05) is 35.4 Å². The van der Waals surface area contributed by atoms with Crippen LogP contribution in [0.4, 0.5) is 30.1 Å². The molecule has 1 aliphatic carbocycles. The number of esters is 1. The molecule has 0 bridgehead atoms. The molecular weight excluding hydrogens is 776 g/mol. The second-order valence-electron chi connectivity index (χ2n) is 17.3. The van der Waals surface area contributed by atoms with Crippen LogP contribution in [0.25, 0.3) is 0 Å². The van der Waals surface area contributed by atoms with Gasteiger partial charge in [0.25, 0.3) is 0 Å². The van der Waals surface area contributed by atoms with Crippen LogP contribution >= 0.6 is 0 Å². The van der Waals surface area contributed by atoms with Gasteiger partial charge in [0.2, 0.25) is 0 Å². The number of carbonyl (C=O) groups is 4. The summed E-state index contributed by atoms with van der Waals surface area (Å²) in [5.74, 6) is -2.46. The molecule has 0 radical (unpaired) electrons. The summed E-state index contributed by atoms with van der Waals surface area (Å²) in [7, 11) is -5.15. The normalized spacial score (nSPS) is 15.7. The highest BCUT2D eigenvalue weighted by molar-refractivity contribution is 7.91. The molecule has 4 rings (SSSR count). The number of nitrogens with one attached hydrogen (secondary N) is 1. The topological polar surface area (TPSA) is 170 Å². The molecule has 2 aromatic carbocycles. The zero-order chi connectivity index (χ0) is 43.2. The third-order valence-corrected chi connectivity index (χ3v) is 10.1. The molecule has 58 heavy (non-hydrogen) atoms. The van der Waals surface area contributed by atoms with Gasteiger partial charge >= 0.3 is 34.5 Å². The lowest BCUT2D eigenvalue weighted by molar-refractivity contribution is -0.152. The molecule has 3 amide bonds. The number of amides is 3. The van der Waals surface area contributed by atoms with Crippen LogP contribution in [0, 0.1) is 11.7 Å². The van der Waals surface area contributed by atoms with Gasteiger partial charge in [0.1, 0.15) is 48.0 Å². The van der Waals surface area contributed by atoms with Crippen LogP contribution in [0.1, 0.15) is 92.7 Å². The van der Waals surface area contributed by atoms with Gasteiger partial charge in [0.15, 0.2) is 5.82 Å². The first-order valence-corrected chi connectivity index (χ1v) is 20.6. The molecular formula is C41H57FN4O11S. The van der Waals surface area contributed by atoms with E-state index in [2.05, 4.69) is 6.58 Å². The lowest BCUT2D eigenvalue weighted by Gasteiger charge is -2.37. The Kier molecular flexibility index (Phi) is 14.4. The minimum atomic E-state index is -5.15. The summed E-state index contributed by atoms with van der Waals surface area (Å²) >= 11 is 0. The number of hydrogen-bond donors (Lipinski definition) is 1. The molecule has 1 fully saturated rings. The standard InChI is InChI=1S/C41H57FN4O11S/c1-11-20-53-36(48)43-58(51,52)45(25-33(47)55-39(2,3)4)35-32(54-26-28-16-13-12-14-17-28)22-31-30(34(35)42)21-29(46(31)38(50)57-41(8,9)10)24-44(23-27-18-15-19-27)37(49)56-40(5,6)7/h11-14,16-17,22,27,29H,1,15,18-21,23-26H2,2-10H3,(H,43,48)/t29-/m1/s1. The fourth-order valence-corrected chi connectivity index (χ4v) is 7.32. The zero-order valence-electron chi connectivity index (χ0n) is 34.9. The Labute approximate surface area is 340 Å². The lowest BCUT2D eigenvalue weighted by Crippen LogP contribution is -2.50. The highest BCUT2D eigenvalue weighted by Crippen LogP contribution is 2.46. The molecule has 0 unspecified atom stereocenters. The summed E-state index contributed by atoms with van der Waals surface area (Å²) in [6.45, 7) is 16.9. The highest BCUT2D eigenvalue weighted by atomic mass is 32.2. The average Bonchev–Trinajstić information content (AvgIpc) is 3.42. The minimum absolute atomic E-state index is 0.00990. The molecule has 0 aromatic heterocycles. The van der Waals surface area contributed by atoms with E-state index >= 15 is 4.39 Å². The highest BCUT2D eigenvalue weighted by Gasteiger charge is 2.44. The van der Waals surface area contributed by atoms with Gasteiger partial charge in [-0.3, -0.25) is 9.69 Å². The zero-order valence-corrected chi connectivity index (χ0v) is 35.7. The Balaban J connectivity index is 1.93. The maximum absolute atomic E-state index is 17.6. The van der Waals surface area contributed by atoms with E-state index in [1.165, 1.54) is 21.9 Å². The second kappa shape index (κ2) is 18.2. The molecule has 1 aliphatic heterocycles. The maximum atomic E-state index is 17.6. The molecule has 320 valence electrons. The van der Waals surface area contributed by atoms with Crippen molar-refractivity contribution in [3.8, 4) is 5.75 Å². The smallest absolute Gasteiger partial charge is 0.422 e. The van der Waals surface area contributed by atoms with E-state index in [-0.39, 0.29) is 43.3 Å². The summed E-state index contributed by atoms with van der Waals surface area (Å²) in [6.07, 6.45) is 0.914. The molecule has 0 spiro atoms. The predicted molar refractivity (Wildman–Crippen MR) is 215 cm³/mol. The Morgan fingerprint density at radius 3 is 2.10 bits per heavy atom. The number of fused-ring (bicyclic) bond motifs is 1. The molecule has 1 atom stereocenters. The predicted octanol–water partition coefficient (Wildman–Crippen LogP) is 7.41. The quantitative estimate of drug-likeness (QED) is 0.114. The van der Waals surface area contributed by atoms with Crippen molar-refractivity contribution in [3.63, 3.8) is 0 Å². The summed E-state index contributed by atoms with van der Waals surface area (Å²) < 4.78 is 75.8. The van der Waals surface area contributed by atoms with Gasteiger partial charge in [0.05, 0.1) is 11.7 Å². The van der Waals surface area contributed by atoms with Crippen LogP contribution < -0.4 is 18.7 Å². The summed E-state index contributed by atoms with van der Waals surface area (Å²) in [5, 5.41) is 0. The van der Waals surface area contributed by atoms with Crippen molar-refractivity contribution < 1.29 is 55.7 Å². The van der Waals surface area contributed by atoms with Gasteiger partial charge in [-0.05, 0) is 86.6 Å². The van der Waals surface area contributed by atoms with Gasteiger partial charge in [0, 0.05) is 31.1 Å². The van der Waals surface area contributed by atoms with Crippen molar-refractivity contribution >= 4 is 45.8 Å². The summed E-state index contributed by atoms with van der Waals surface area (Å²) in [4.78, 5) is 56.5. The second-order valence-corrected chi connectivity index (χ2v) is 18.9. The maximum Gasteiger partial charge on any atom is 0.422 e. The Hall–Kier alpha value is -5.06. The number of anilines is 2. The first kappa shape index (κ1) is 45.6. The first-order valence-electron chi connectivity index (χ1n) is 19.2. The van der Waals surface area contributed by atoms with Crippen molar-refractivity contribution in [2.24, 2.45) is 5.92 Å². The fourth-order valence-electron chi connectivity index (χ4n) is 6.25. The average molecular weight is 833 g/mol. The van der Waals surface area contributed by atoms with Gasteiger partial charge < -0.3 is 28.6 Å². The van der Waals surface area contributed by atoms with Crippen LogP contribution in [0.2, 0.25) is 0 Å². The number of rotatable bonds is 14. The number of hydrogen-bond acceptors (Lipinski definition) is 11. The summed E-state index contributed by atoms with van der Waals surface area (Å²) in [6, 6.07) is 9.09. The van der Waals surface area contributed by atoms with Gasteiger partial charge in [-0.2, -0.15) is 8.42 Å². The molecule has 15 nitrogen and oxygen atoms in total. The van der Waals surface area contributed by atoms with E-state index in [0.717, 1.165) is 19.3 Å². The van der Waals surface area contributed by atoms with E-state index in [1.54, 1.807) is 97.4 Å². The van der Waals surface area contributed by atoms with Gasteiger partial charge in [-0.25, -0.2) is 27.8 Å². The number of halogens is 1. The molecule has 17 heteroatoms. The van der Waals surface area contributed by atoms with Crippen LogP contribution in [-0.2, 0) is 47.0 Å². The van der Waals surface area contributed by atoms with E-state index < -0.39 is 81.1 Å². The van der Waals surface area contributed by atoms with E-state index in [9.17, 15) is 27.6 Å². The monoisotopic (exact) mass is 832 g/mol. The van der Waals surface area contributed by atoms with E-state index in [0.29, 0.717) is 16.4 Å². The van der Waals surface area contributed by atoms with Crippen molar-refractivity contribution in [2.45, 2.75) is 117 Å². The molecule has 0 saturated heterocycles. The number of benzene rings is 2. The SMILES string of the molecule is C=CCOC(=O)NS(=O)(=O)N(CC(=O)OC(C)(C)C)c1c(OCc2ccccc2)cc2c(c1F)C[C@H](CN(CC1CCC1)C(=O)OC(C)(C)C)N2C(=O)OC(C)(C)C. The number of carbonyl (C=O) groups excluding carboxylic acids is 4. The van der Waals surface area contributed by atoms with Crippen LogP contribution in [0.5, 0.6) is 5.75 Å². The van der Waals surface area contributed by atoms with Gasteiger partial charge in [-0.1, -0.05) is 49.4 Å². The first-order chi connectivity index (χ1) is 26.9. The molecule has 2 aliphatic rings. The fraction of sp³-hybridized carbons (Fsp3) is 0.561. The number of ether oxygens (including phenoxy) is 5. The van der Waals surface area contributed by atoms with Crippen LogP contribution in [-0.4, -0.2) is 86.7 Å². The van der Waals surface area contributed by atoms with Crippen LogP contribution in [0.3, 0.4) is 0 Å². The largest absolute Gasteiger partial charge is 0.487 e. The Bertz CT molecular complexity index is 1940. The van der Waals surface area contributed by atoms with E-state index in [4.69, 9.17) is 23.7 Å². The van der Waals surface area contributed by atoms with Crippen molar-refractivity contribution in [1.82, 2.24) is 9.62 Å². The van der Waals surface area contributed by atoms with E-state index in [1.807, 2.05) is 0 Å². The molecule has 2 aromatic rings. The molecule has 1 N–H and O–H groups in total. The minimum Gasteiger partial charge on any atom is -0.487 e. The molecule has 1 heterocycles. The third kappa shape index (κ3) is 12.7. The Morgan fingerprint density at radius 1 is 0.931 bits per heavy atom. The third-order valence-electron chi connectivity index (χ3n) is 8.74. The molecule has 1 saturated carbocycles. The number of nitrogens with zero attached hydrogens (tertiary/aromatic N) is 3.